The molecular weight excluding hydrogens is 394 g/mol. The van der Waals surface area contributed by atoms with Gasteiger partial charge in [0.15, 0.2) is 6.61 Å². The highest BCUT2D eigenvalue weighted by molar-refractivity contribution is 7.18. The van der Waals surface area contributed by atoms with Crippen LogP contribution in [-0.2, 0) is 14.3 Å². The molecule has 0 saturated heterocycles. The number of rotatable bonds is 8. The summed E-state index contributed by atoms with van der Waals surface area (Å²) in [6.07, 6.45) is 0. The Balaban J connectivity index is 2.19. The maximum Gasteiger partial charge on any atom is 0.348 e. The average Bonchev–Trinajstić information content (AvgIpc) is 2.99. The summed E-state index contributed by atoms with van der Waals surface area (Å²) < 4.78 is 15.6. The van der Waals surface area contributed by atoms with Crippen molar-refractivity contribution < 1.29 is 28.6 Å². The van der Waals surface area contributed by atoms with E-state index in [9.17, 15) is 14.4 Å². The van der Waals surface area contributed by atoms with Gasteiger partial charge in [0.25, 0.3) is 5.91 Å². The van der Waals surface area contributed by atoms with Gasteiger partial charge in [-0.1, -0.05) is 6.07 Å². The first-order chi connectivity index (χ1) is 13.8. The number of hydrogen-bond acceptors (Lipinski definition) is 7. The second-order valence-corrected chi connectivity index (χ2v) is 7.30. The first-order valence-electron chi connectivity index (χ1n) is 9.25. The van der Waals surface area contributed by atoms with Crippen LogP contribution in [0, 0.1) is 20.8 Å². The van der Waals surface area contributed by atoms with Crippen molar-refractivity contribution in [3.63, 3.8) is 0 Å². The number of aryl methyl sites for hydroxylation is 2. The lowest BCUT2D eigenvalue weighted by atomic mass is 10.1. The molecule has 0 radical (unpaired) electrons. The predicted molar refractivity (Wildman–Crippen MR) is 111 cm³/mol. The van der Waals surface area contributed by atoms with Crippen molar-refractivity contribution >= 4 is 34.2 Å². The summed E-state index contributed by atoms with van der Waals surface area (Å²) in [4.78, 5) is 37.2. The number of anilines is 1. The third-order valence-electron chi connectivity index (χ3n) is 4.19. The quantitative estimate of drug-likeness (QED) is 0.649. The highest BCUT2D eigenvalue weighted by Crippen LogP contribution is 2.34. The standard InChI is InChI=1S/C21H25NO6S/c1-6-26-20(24)17-14(5)18(21(25)27-7-2)29-19(17)22-16(23)11-28-15-9-8-12(3)13(4)10-15/h8-10H,6-7,11H2,1-5H3,(H,22,23). The highest BCUT2D eigenvalue weighted by Gasteiger charge is 2.27. The number of ether oxygens (including phenoxy) is 3. The Morgan fingerprint density at radius 3 is 2.24 bits per heavy atom. The van der Waals surface area contributed by atoms with Crippen LogP contribution in [0.25, 0.3) is 0 Å². The van der Waals surface area contributed by atoms with Gasteiger partial charge in [-0.25, -0.2) is 9.59 Å². The van der Waals surface area contributed by atoms with E-state index in [1.165, 1.54) is 0 Å². The van der Waals surface area contributed by atoms with E-state index in [1.807, 2.05) is 26.0 Å². The largest absolute Gasteiger partial charge is 0.484 e. The van der Waals surface area contributed by atoms with Gasteiger partial charge in [-0.3, -0.25) is 4.79 Å². The van der Waals surface area contributed by atoms with E-state index in [1.54, 1.807) is 26.8 Å². The van der Waals surface area contributed by atoms with Gasteiger partial charge in [0.2, 0.25) is 0 Å². The van der Waals surface area contributed by atoms with Gasteiger partial charge in [-0.05, 0) is 63.4 Å². The molecule has 2 aromatic rings. The van der Waals surface area contributed by atoms with Gasteiger partial charge < -0.3 is 19.5 Å². The number of nitrogens with one attached hydrogen (secondary N) is 1. The number of thiophene rings is 1. The third-order valence-corrected chi connectivity index (χ3v) is 5.38. The molecule has 1 amide bonds. The SMILES string of the molecule is CCOC(=O)c1sc(NC(=O)COc2ccc(C)c(C)c2)c(C(=O)OCC)c1C. The Morgan fingerprint density at radius 2 is 1.62 bits per heavy atom. The van der Waals surface area contributed by atoms with Crippen molar-refractivity contribution in [2.24, 2.45) is 0 Å². The van der Waals surface area contributed by atoms with E-state index in [4.69, 9.17) is 14.2 Å². The molecule has 0 spiro atoms. The zero-order valence-electron chi connectivity index (χ0n) is 17.2. The smallest absolute Gasteiger partial charge is 0.348 e. The van der Waals surface area contributed by atoms with E-state index in [-0.39, 0.29) is 35.3 Å². The Bertz CT molecular complexity index is 918. The molecule has 0 saturated carbocycles. The normalized spacial score (nSPS) is 10.4. The van der Waals surface area contributed by atoms with Crippen LogP contribution < -0.4 is 10.1 Å². The first kappa shape index (κ1) is 22.4. The molecule has 1 heterocycles. The topological polar surface area (TPSA) is 90.9 Å². The lowest BCUT2D eigenvalue weighted by molar-refractivity contribution is -0.118. The molecule has 1 N–H and O–H groups in total. The Morgan fingerprint density at radius 1 is 0.966 bits per heavy atom. The molecule has 1 aromatic heterocycles. The Hall–Kier alpha value is -2.87. The van der Waals surface area contributed by atoms with Gasteiger partial charge in [0.05, 0.1) is 18.8 Å². The van der Waals surface area contributed by atoms with Crippen LogP contribution in [-0.4, -0.2) is 37.7 Å². The first-order valence-corrected chi connectivity index (χ1v) is 10.1. The van der Waals surface area contributed by atoms with Crippen molar-refractivity contribution in [1.29, 1.82) is 0 Å². The van der Waals surface area contributed by atoms with Crippen LogP contribution in [0.15, 0.2) is 18.2 Å². The van der Waals surface area contributed by atoms with Gasteiger partial charge in [0, 0.05) is 0 Å². The fourth-order valence-corrected chi connectivity index (χ4v) is 3.66. The summed E-state index contributed by atoms with van der Waals surface area (Å²) in [5, 5.41) is 2.88. The molecule has 7 nitrogen and oxygen atoms in total. The molecule has 0 atom stereocenters. The molecule has 0 aliphatic rings. The van der Waals surface area contributed by atoms with Crippen molar-refractivity contribution in [3.05, 3.63) is 45.3 Å². The predicted octanol–water partition coefficient (Wildman–Crippen LogP) is 4.04. The van der Waals surface area contributed by atoms with Crippen LogP contribution >= 0.6 is 11.3 Å². The molecule has 0 aliphatic heterocycles. The molecule has 0 bridgehead atoms. The lowest BCUT2D eigenvalue weighted by Gasteiger charge is -2.09. The van der Waals surface area contributed by atoms with Crippen LogP contribution in [0.3, 0.4) is 0 Å². The number of amides is 1. The molecule has 2 rings (SSSR count). The Kier molecular flexibility index (Phi) is 7.78. The van der Waals surface area contributed by atoms with Gasteiger partial charge in [-0.2, -0.15) is 0 Å². The number of carbonyl (C=O) groups is 3. The summed E-state index contributed by atoms with van der Waals surface area (Å²) in [5.74, 6) is -1.04. The molecule has 8 heteroatoms. The minimum absolute atomic E-state index is 0.152. The fraction of sp³-hybridized carbons (Fsp3) is 0.381. The van der Waals surface area contributed by atoms with Crippen molar-refractivity contribution in [3.8, 4) is 5.75 Å². The van der Waals surface area contributed by atoms with Crippen LogP contribution in [0.4, 0.5) is 5.00 Å². The number of hydrogen-bond donors (Lipinski definition) is 1. The summed E-state index contributed by atoms with van der Waals surface area (Å²) in [5.41, 5.74) is 2.75. The van der Waals surface area contributed by atoms with E-state index in [2.05, 4.69) is 5.32 Å². The molecule has 1 aromatic carbocycles. The molecular formula is C21H25NO6S. The van der Waals surface area contributed by atoms with E-state index >= 15 is 0 Å². The highest BCUT2D eigenvalue weighted by atomic mass is 32.1. The zero-order chi connectivity index (χ0) is 21.6. The fourth-order valence-electron chi connectivity index (χ4n) is 2.56. The molecule has 0 unspecified atom stereocenters. The maximum absolute atomic E-state index is 12.4. The third kappa shape index (κ3) is 5.57. The van der Waals surface area contributed by atoms with E-state index in [0.717, 1.165) is 22.5 Å². The van der Waals surface area contributed by atoms with Gasteiger partial charge in [0.1, 0.15) is 15.6 Å². The van der Waals surface area contributed by atoms with Gasteiger partial charge in [-0.15, -0.1) is 11.3 Å². The summed E-state index contributed by atoms with van der Waals surface area (Å²) in [6, 6.07) is 5.55. The monoisotopic (exact) mass is 419 g/mol. The van der Waals surface area contributed by atoms with Gasteiger partial charge >= 0.3 is 11.9 Å². The van der Waals surface area contributed by atoms with E-state index < -0.39 is 17.8 Å². The second kappa shape index (κ2) is 10.1. The molecule has 0 aliphatic carbocycles. The number of carbonyl (C=O) groups excluding carboxylic acids is 3. The zero-order valence-corrected chi connectivity index (χ0v) is 18.0. The minimum atomic E-state index is -0.609. The Labute approximate surface area is 174 Å². The van der Waals surface area contributed by atoms with Crippen LogP contribution in [0.2, 0.25) is 0 Å². The van der Waals surface area contributed by atoms with Crippen molar-refractivity contribution in [2.75, 3.05) is 25.1 Å². The number of esters is 2. The van der Waals surface area contributed by atoms with E-state index in [0.29, 0.717) is 11.3 Å². The minimum Gasteiger partial charge on any atom is -0.484 e. The molecule has 0 fully saturated rings. The summed E-state index contributed by atoms with van der Waals surface area (Å²) >= 11 is 0.980. The van der Waals surface area contributed by atoms with Crippen LogP contribution in [0.1, 0.15) is 50.6 Å². The molecule has 29 heavy (non-hydrogen) atoms. The van der Waals surface area contributed by atoms with Crippen molar-refractivity contribution in [2.45, 2.75) is 34.6 Å². The second-order valence-electron chi connectivity index (χ2n) is 6.28. The van der Waals surface area contributed by atoms with Crippen LogP contribution in [0.5, 0.6) is 5.75 Å². The summed E-state index contributed by atoms with van der Waals surface area (Å²) in [7, 11) is 0. The van der Waals surface area contributed by atoms with Crippen molar-refractivity contribution in [1.82, 2.24) is 0 Å². The lowest BCUT2D eigenvalue weighted by Crippen LogP contribution is -2.21. The average molecular weight is 419 g/mol. The molecule has 156 valence electrons. The summed E-state index contributed by atoms with van der Waals surface area (Å²) in [6.45, 7) is 9.08. The maximum atomic E-state index is 12.4. The number of benzene rings is 1.